The van der Waals surface area contributed by atoms with E-state index in [1.54, 1.807) is 6.92 Å². The van der Waals surface area contributed by atoms with Crippen LogP contribution in [0, 0.1) is 62.6 Å². The van der Waals surface area contributed by atoms with Crippen LogP contribution in [-0.4, -0.2) is 46.3 Å². The van der Waals surface area contributed by atoms with Crippen LogP contribution in [-0.2, 0) is 9.59 Å². The molecule has 0 saturated heterocycles. The zero-order valence-electron chi connectivity index (χ0n) is 34.3. The normalized spacial score (nSPS) is 47.6. The molecule has 0 aromatic carbocycles. The summed E-state index contributed by atoms with van der Waals surface area (Å²) in [5, 5.41) is 25.6. The summed E-state index contributed by atoms with van der Waals surface area (Å²) in [6, 6.07) is 0. The van der Waals surface area contributed by atoms with E-state index in [0.29, 0.717) is 42.4 Å². The van der Waals surface area contributed by atoms with Crippen molar-refractivity contribution in [2.24, 2.45) is 62.6 Å². The zero-order chi connectivity index (χ0) is 38.4. The molecule has 53 heavy (non-hydrogen) atoms. The Kier molecular flexibility index (Phi) is 9.98. The van der Waals surface area contributed by atoms with Crippen LogP contribution in [0.5, 0.6) is 0 Å². The van der Waals surface area contributed by atoms with Crippen molar-refractivity contribution < 1.29 is 24.2 Å². The number of hydrogen-bond acceptors (Lipinski definition) is 4. The molecular formula is C47H72FNO4. The minimum atomic E-state index is -1.26. The van der Waals surface area contributed by atoms with Crippen LogP contribution in [0.2, 0.25) is 0 Å². The van der Waals surface area contributed by atoms with Gasteiger partial charge in [-0.3, -0.25) is 9.59 Å². The highest BCUT2D eigenvalue weighted by atomic mass is 19.1. The highest BCUT2D eigenvalue weighted by Gasteiger charge is 2.70. The number of aliphatic hydroxyl groups is 1. The molecule has 0 radical (unpaired) electrons. The summed E-state index contributed by atoms with van der Waals surface area (Å²) >= 11 is 0. The molecular weight excluding hydrogens is 662 g/mol. The smallest absolute Gasteiger partial charge is 0.312 e. The number of carboxylic acid groups (broad SMARTS) is 1. The first-order valence-electron chi connectivity index (χ1n) is 21.6. The number of nitrogens with one attached hydrogen (secondary N) is 1. The summed E-state index contributed by atoms with van der Waals surface area (Å²) in [6.07, 6.45) is 20.7. The number of carboxylic acids is 1. The topological polar surface area (TPSA) is 86.6 Å². The van der Waals surface area contributed by atoms with Gasteiger partial charge in [-0.2, -0.15) is 0 Å². The van der Waals surface area contributed by atoms with Gasteiger partial charge in [0.2, 0.25) is 0 Å². The molecule has 0 aromatic heterocycles. The molecule has 0 aromatic rings. The van der Waals surface area contributed by atoms with Crippen molar-refractivity contribution in [2.45, 2.75) is 169 Å². The predicted molar refractivity (Wildman–Crippen MR) is 211 cm³/mol. The highest BCUT2D eigenvalue weighted by molar-refractivity contribution is 5.78. The van der Waals surface area contributed by atoms with Crippen LogP contribution in [0.1, 0.15) is 158 Å². The van der Waals surface area contributed by atoms with Gasteiger partial charge in [-0.15, -0.1) is 0 Å². The van der Waals surface area contributed by atoms with Crippen molar-refractivity contribution in [3.8, 4) is 0 Å². The van der Waals surface area contributed by atoms with Crippen molar-refractivity contribution in [1.82, 2.24) is 5.32 Å². The Morgan fingerprint density at radius 2 is 1.57 bits per heavy atom. The lowest BCUT2D eigenvalue weighted by atomic mass is 9.33. The van der Waals surface area contributed by atoms with Crippen LogP contribution >= 0.6 is 0 Å². The molecule has 7 aliphatic carbocycles. The lowest BCUT2D eigenvalue weighted by molar-refractivity contribution is -0.221. The van der Waals surface area contributed by atoms with Crippen LogP contribution < -0.4 is 5.32 Å². The molecule has 0 spiro atoms. The molecule has 296 valence electrons. The molecule has 0 heterocycles. The number of hydrogen-bond donors (Lipinski definition) is 3. The van der Waals surface area contributed by atoms with Gasteiger partial charge in [0, 0.05) is 11.5 Å². The third-order valence-corrected chi connectivity index (χ3v) is 18.9. The third-order valence-electron chi connectivity index (χ3n) is 18.9. The molecule has 5 nitrogen and oxygen atoms in total. The van der Waals surface area contributed by atoms with Gasteiger partial charge in [-0.25, -0.2) is 4.39 Å². The summed E-state index contributed by atoms with van der Waals surface area (Å²) in [7, 11) is 0. The zero-order valence-corrected chi connectivity index (χ0v) is 34.3. The number of allylic oxidation sites excluding steroid dienone is 5. The molecule has 0 amide bonds. The number of halogens is 1. The van der Waals surface area contributed by atoms with E-state index in [1.165, 1.54) is 68.1 Å². The number of alkyl halides is 1. The second kappa shape index (κ2) is 13.4. The Morgan fingerprint density at radius 3 is 2.17 bits per heavy atom. The summed E-state index contributed by atoms with van der Waals surface area (Å²) in [5.74, 6) is 2.34. The molecule has 0 bridgehead atoms. The van der Waals surface area contributed by atoms with E-state index in [9.17, 15) is 24.2 Å². The Balaban J connectivity index is 1.12. The largest absolute Gasteiger partial charge is 0.481 e. The molecule has 3 N–H and O–H groups in total. The number of fused-ring (bicyclic) bond motifs is 7. The van der Waals surface area contributed by atoms with E-state index in [2.05, 4.69) is 65.6 Å². The minimum absolute atomic E-state index is 0.0195. The quantitative estimate of drug-likeness (QED) is 0.205. The van der Waals surface area contributed by atoms with E-state index in [-0.39, 0.29) is 45.3 Å². The van der Waals surface area contributed by atoms with Gasteiger partial charge in [-0.1, -0.05) is 58.9 Å². The lowest BCUT2D eigenvalue weighted by Crippen LogP contribution is -2.68. The number of Topliss-reactive ketones (excluding diaryl/α,β-unsaturated/α-hetero) is 1. The van der Waals surface area contributed by atoms with Crippen molar-refractivity contribution in [2.75, 3.05) is 13.2 Å². The SMILES string of the molecule is C=C(C)[C@@H]1CC[C@]2(NCCC3(O)CCC(C(C)=O)CC3)CC[C@]3(C)[C@H](CC[C@@H]4[C@@]5(C)CC=C(C6=CC[C@](CF)(C(=O)O)CC6)C(C)(C)[C@@H]5CC[C@]43C)[C@@H]12. The summed E-state index contributed by atoms with van der Waals surface area (Å²) in [6.45, 7) is 21.5. The number of carbonyl (C=O) groups is 2. The van der Waals surface area contributed by atoms with E-state index in [1.807, 2.05) is 0 Å². The fourth-order valence-corrected chi connectivity index (χ4v) is 15.5. The molecule has 0 unspecified atom stereocenters. The molecule has 5 saturated carbocycles. The first-order valence-corrected chi connectivity index (χ1v) is 21.6. The fraction of sp³-hybridized carbons (Fsp3) is 0.830. The van der Waals surface area contributed by atoms with E-state index in [4.69, 9.17) is 0 Å². The van der Waals surface area contributed by atoms with E-state index < -0.39 is 23.7 Å². The summed E-state index contributed by atoms with van der Waals surface area (Å²) < 4.78 is 14.0. The molecule has 5 fully saturated rings. The first-order chi connectivity index (χ1) is 24.8. The van der Waals surface area contributed by atoms with Crippen molar-refractivity contribution in [3.05, 3.63) is 35.5 Å². The van der Waals surface area contributed by atoms with Gasteiger partial charge in [-0.05, 0) is 192 Å². The Morgan fingerprint density at radius 1 is 0.849 bits per heavy atom. The minimum Gasteiger partial charge on any atom is -0.481 e. The predicted octanol–water partition coefficient (Wildman–Crippen LogP) is 10.6. The number of rotatable bonds is 9. The second-order valence-electron chi connectivity index (χ2n) is 21.3. The molecule has 7 aliphatic rings. The van der Waals surface area contributed by atoms with Gasteiger partial charge in [0.25, 0.3) is 0 Å². The molecule has 10 atom stereocenters. The Labute approximate surface area is 320 Å². The average molecular weight is 734 g/mol. The summed E-state index contributed by atoms with van der Waals surface area (Å²) in [4.78, 5) is 24.0. The second-order valence-corrected chi connectivity index (χ2v) is 21.3. The Hall–Kier alpha value is -1.79. The average Bonchev–Trinajstić information content (AvgIpc) is 3.48. The molecule has 0 aliphatic heterocycles. The third kappa shape index (κ3) is 5.94. The Bertz CT molecular complexity index is 1550. The van der Waals surface area contributed by atoms with E-state index >= 15 is 0 Å². The molecule has 6 heteroatoms. The lowest BCUT2D eigenvalue weighted by Gasteiger charge is -2.72. The molecule has 7 rings (SSSR count). The van der Waals surface area contributed by atoms with Gasteiger partial charge in [0.15, 0.2) is 0 Å². The van der Waals surface area contributed by atoms with Crippen LogP contribution in [0.4, 0.5) is 4.39 Å². The maximum atomic E-state index is 14.0. The van der Waals surface area contributed by atoms with Gasteiger partial charge >= 0.3 is 5.97 Å². The monoisotopic (exact) mass is 734 g/mol. The van der Waals surface area contributed by atoms with Gasteiger partial charge in [0.1, 0.15) is 12.5 Å². The van der Waals surface area contributed by atoms with Gasteiger partial charge in [0.05, 0.1) is 11.0 Å². The summed E-state index contributed by atoms with van der Waals surface area (Å²) in [5.41, 5.74) is 2.87. The van der Waals surface area contributed by atoms with Crippen molar-refractivity contribution >= 4 is 11.8 Å². The van der Waals surface area contributed by atoms with Crippen LogP contribution in [0.3, 0.4) is 0 Å². The highest BCUT2D eigenvalue weighted by Crippen LogP contribution is 2.76. The number of carbonyl (C=O) groups excluding carboxylic acids is 1. The van der Waals surface area contributed by atoms with Crippen molar-refractivity contribution in [1.29, 1.82) is 0 Å². The maximum Gasteiger partial charge on any atom is 0.312 e. The van der Waals surface area contributed by atoms with Crippen LogP contribution in [0.25, 0.3) is 0 Å². The van der Waals surface area contributed by atoms with Crippen molar-refractivity contribution in [3.63, 3.8) is 0 Å². The number of ketones is 1. The standard InChI is InChI=1S/C47H72FNO4/c1-30(2)34-15-24-47(49-28-27-46(53)22-13-32(14-23-46)31(3)50)26-25-43(7)36(39(34)47)9-10-38-42(6)18-16-35(41(4,5)37(42)17-19-44(38,43)8)33-11-20-45(29-48,21-12-33)40(51)52/h11,16,32,34,36-39,49,53H,1,9-10,12-15,17-29H2,2-8H3,(H,51,52)/t32?,34-,36+,37-,38+,39+,42-,43+,44+,45-,46?,47-/m0/s1. The first kappa shape index (κ1) is 39.4. The fourth-order valence-electron chi connectivity index (χ4n) is 15.5. The maximum absolute atomic E-state index is 14.0. The van der Waals surface area contributed by atoms with Gasteiger partial charge < -0.3 is 15.5 Å². The van der Waals surface area contributed by atoms with E-state index in [0.717, 1.165) is 45.1 Å². The van der Waals surface area contributed by atoms with Crippen LogP contribution in [0.15, 0.2) is 35.5 Å². The number of aliphatic carboxylic acids is 1.